The molecule has 0 aliphatic carbocycles. The molecule has 0 unspecified atom stereocenters. The fraction of sp³-hybridized carbons (Fsp3) is 0.125. The number of methoxy groups -OCH3 is 1. The van der Waals surface area contributed by atoms with Crippen molar-refractivity contribution in [2.75, 3.05) is 7.11 Å². The van der Waals surface area contributed by atoms with Gasteiger partial charge in [0.25, 0.3) is 0 Å². The molecule has 3 N–H and O–H groups in total. The van der Waals surface area contributed by atoms with E-state index in [0.717, 1.165) is 0 Å². The van der Waals surface area contributed by atoms with Gasteiger partial charge >= 0.3 is 0 Å². The molecular weight excluding hydrogens is 175 g/mol. The van der Waals surface area contributed by atoms with Crippen LogP contribution in [0, 0.1) is 11.2 Å². The molecule has 1 aromatic carbocycles. The summed E-state index contributed by atoms with van der Waals surface area (Å²) in [7, 11) is 1.36. The van der Waals surface area contributed by atoms with Crippen LogP contribution >= 0.6 is 0 Å². The van der Waals surface area contributed by atoms with E-state index in [9.17, 15) is 4.39 Å². The summed E-state index contributed by atoms with van der Waals surface area (Å²) in [6.07, 6.45) is 0. The van der Waals surface area contributed by atoms with E-state index in [-0.39, 0.29) is 11.3 Å². The molecule has 13 heavy (non-hydrogen) atoms. The molecule has 70 valence electrons. The third-order valence-electron chi connectivity index (χ3n) is 1.56. The molecule has 0 aromatic heterocycles. The lowest BCUT2D eigenvalue weighted by Crippen LogP contribution is -2.20. The minimum atomic E-state index is -0.620. The molecule has 1 rings (SSSR count). The summed E-state index contributed by atoms with van der Waals surface area (Å²) in [5.74, 6) is -0.854. The lowest BCUT2D eigenvalue weighted by atomic mass is 10.1. The summed E-state index contributed by atoms with van der Waals surface area (Å²) >= 11 is 0. The Kier molecular flexibility index (Phi) is 2.81. The van der Waals surface area contributed by atoms with Gasteiger partial charge in [0.15, 0.2) is 5.84 Å². The van der Waals surface area contributed by atoms with E-state index in [2.05, 4.69) is 0 Å². The Morgan fingerprint density at radius 2 is 2.31 bits per heavy atom. The van der Waals surface area contributed by atoms with Crippen molar-refractivity contribution in [3.8, 4) is 5.75 Å². The lowest BCUT2D eigenvalue weighted by molar-refractivity contribution is 0.233. The third kappa shape index (κ3) is 1.75. The van der Waals surface area contributed by atoms with Crippen molar-refractivity contribution < 1.29 is 14.3 Å². The fourth-order valence-corrected chi connectivity index (χ4v) is 0.973. The van der Waals surface area contributed by atoms with Gasteiger partial charge in [0.05, 0.1) is 12.7 Å². The van der Waals surface area contributed by atoms with Crippen LogP contribution in [0.1, 0.15) is 5.56 Å². The van der Waals surface area contributed by atoms with Crippen LogP contribution in [0.25, 0.3) is 0 Å². The van der Waals surface area contributed by atoms with Gasteiger partial charge in [-0.05, 0) is 12.1 Å². The van der Waals surface area contributed by atoms with Gasteiger partial charge in [-0.2, -0.15) is 0 Å². The second-order valence-corrected chi connectivity index (χ2v) is 2.30. The third-order valence-corrected chi connectivity index (χ3v) is 1.56. The van der Waals surface area contributed by atoms with Gasteiger partial charge in [0.1, 0.15) is 11.6 Å². The molecule has 5 heteroatoms. The van der Waals surface area contributed by atoms with Gasteiger partial charge in [-0.15, -0.1) is 0 Å². The summed E-state index contributed by atoms with van der Waals surface area (Å²) in [5.41, 5.74) is 1.47. The minimum Gasteiger partial charge on any atom is -0.496 e. The molecule has 0 spiro atoms. The van der Waals surface area contributed by atoms with Crippen molar-refractivity contribution in [1.82, 2.24) is 5.48 Å². The van der Waals surface area contributed by atoms with Crippen LogP contribution in [0.4, 0.5) is 4.39 Å². The molecule has 4 nitrogen and oxygen atoms in total. The maximum absolute atomic E-state index is 13.1. The highest BCUT2D eigenvalue weighted by Gasteiger charge is 2.12. The van der Waals surface area contributed by atoms with Crippen LogP contribution in [0.5, 0.6) is 5.75 Å². The van der Waals surface area contributed by atoms with E-state index in [1.54, 1.807) is 5.48 Å². The first-order valence-corrected chi connectivity index (χ1v) is 3.52. The van der Waals surface area contributed by atoms with E-state index in [4.69, 9.17) is 15.4 Å². The van der Waals surface area contributed by atoms with Gasteiger partial charge in [-0.25, -0.2) is 4.39 Å². The number of amidine groups is 1. The molecular formula is C8H9FN2O2. The first-order valence-electron chi connectivity index (χ1n) is 3.52. The van der Waals surface area contributed by atoms with Crippen molar-refractivity contribution in [3.05, 3.63) is 29.6 Å². The summed E-state index contributed by atoms with van der Waals surface area (Å²) in [6, 6.07) is 4.15. The van der Waals surface area contributed by atoms with Gasteiger partial charge in [0, 0.05) is 0 Å². The number of rotatable bonds is 2. The Labute approximate surface area is 74.4 Å². The monoisotopic (exact) mass is 184 g/mol. The second-order valence-electron chi connectivity index (χ2n) is 2.30. The van der Waals surface area contributed by atoms with Crippen molar-refractivity contribution in [2.24, 2.45) is 0 Å². The topological polar surface area (TPSA) is 65.3 Å². The van der Waals surface area contributed by atoms with Gasteiger partial charge in [-0.1, -0.05) is 6.07 Å². The summed E-state index contributed by atoms with van der Waals surface area (Å²) in [4.78, 5) is 0. The Bertz CT molecular complexity index is 328. The second kappa shape index (κ2) is 3.86. The zero-order valence-electron chi connectivity index (χ0n) is 6.97. The highest BCUT2D eigenvalue weighted by molar-refractivity contribution is 5.98. The maximum Gasteiger partial charge on any atom is 0.156 e. The number of halogens is 1. The molecule has 1 aromatic rings. The normalized spacial score (nSPS) is 9.46. The molecule has 0 radical (unpaired) electrons. The number of nitrogens with one attached hydrogen (secondary N) is 2. The Morgan fingerprint density at radius 3 is 2.85 bits per heavy atom. The van der Waals surface area contributed by atoms with Gasteiger partial charge in [0.2, 0.25) is 0 Å². The van der Waals surface area contributed by atoms with Crippen molar-refractivity contribution in [2.45, 2.75) is 0 Å². The molecule has 0 fully saturated rings. The summed E-state index contributed by atoms with van der Waals surface area (Å²) < 4.78 is 17.9. The Morgan fingerprint density at radius 1 is 1.62 bits per heavy atom. The molecule has 0 bridgehead atoms. The van der Waals surface area contributed by atoms with Crippen LogP contribution in [0.2, 0.25) is 0 Å². The minimum absolute atomic E-state index is 0.0903. The molecule has 0 heterocycles. The largest absolute Gasteiger partial charge is 0.496 e. The number of hydrogen-bond donors (Lipinski definition) is 3. The fourth-order valence-electron chi connectivity index (χ4n) is 0.973. The lowest BCUT2D eigenvalue weighted by Gasteiger charge is -2.08. The summed E-state index contributed by atoms with van der Waals surface area (Å²) in [5, 5.41) is 15.6. The van der Waals surface area contributed by atoms with Gasteiger partial charge in [-0.3, -0.25) is 16.1 Å². The predicted molar refractivity (Wildman–Crippen MR) is 44.7 cm³/mol. The van der Waals surface area contributed by atoms with Gasteiger partial charge < -0.3 is 4.74 Å². The van der Waals surface area contributed by atoms with E-state index >= 15 is 0 Å². The van der Waals surface area contributed by atoms with Crippen molar-refractivity contribution in [1.29, 1.82) is 5.41 Å². The average Bonchev–Trinajstić information content (AvgIpc) is 2.16. The Hall–Kier alpha value is -1.62. The van der Waals surface area contributed by atoms with Crippen LogP contribution in [-0.2, 0) is 0 Å². The van der Waals surface area contributed by atoms with Crippen molar-refractivity contribution >= 4 is 5.84 Å². The molecule has 0 aliphatic rings. The van der Waals surface area contributed by atoms with E-state index in [1.165, 1.54) is 25.3 Å². The van der Waals surface area contributed by atoms with Crippen LogP contribution < -0.4 is 10.2 Å². The first-order chi connectivity index (χ1) is 6.20. The maximum atomic E-state index is 13.1. The van der Waals surface area contributed by atoms with Crippen LogP contribution in [0.3, 0.4) is 0 Å². The average molecular weight is 184 g/mol. The predicted octanol–water partition coefficient (Wildman–Crippen LogP) is 1.14. The standard InChI is InChI=1S/C8H9FN2O2/c1-13-6-4-2-3-5(9)7(6)8(10)11-12/h2-4,12H,1H3,(H2,10,11). The SMILES string of the molecule is COc1cccc(F)c1C(=N)NO. The Balaban J connectivity index is 3.22. The molecule has 0 saturated carbocycles. The first kappa shape index (κ1) is 9.47. The zero-order valence-corrected chi connectivity index (χ0v) is 6.97. The molecule has 0 atom stereocenters. The number of ether oxygens (including phenoxy) is 1. The number of benzene rings is 1. The molecule has 0 amide bonds. The van der Waals surface area contributed by atoms with Crippen molar-refractivity contribution in [3.63, 3.8) is 0 Å². The highest BCUT2D eigenvalue weighted by Crippen LogP contribution is 2.20. The quantitative estimate of drug-likeness (QED) is 0.367. The van der Waals surface area contributed by atoms with E-state index < -0.39 is 11.7 Å². The molecule has 0 saturated heterocycles. The zero-order chi connectivity index (χ0) is 9.84. The number of hydrogen-bond acceptors (Lipinski definition) is 3. The molecule has 0 aliphatic heterocycles. The van der Waals surface area contributed by atoms with E-state index in [0.29, 0.717) is 0 Å². The highest BCUT2D eigenvalue weighted by atomic mass is 19.1. The summed E-state index contributed by atoms with van der Waals surface area (Å²) in [6.45, 7) is 0. The van der Waals surface area contributed by atoms with Crippen LogP contribution in [-0.4, -0.2) is 18.2 Å². The smallest absolute Gasteiger partial charge is 0.156 e. The number of hydroxylamine groups is 1. The van der Waals surface area contributed by atoms with E-state index in [1.807, 2.05) is 0 Å². The van der Waals surface area contributed by atoms with Crippen LogP contribution in [0.15, 0.2) is 18.2 Å².